The zero-order valence-corrected chi connectivity index (χ0v) is 38.3. The van der Waals surface area contributed by atoms with E-state index in [2.05, 4.69) is 56.4 Å². The van der Waals surface area contributed by atoms with Gasteiger partial charge >= 0.3 is 5.97 Å². The van der Waals surface area contributed by atoms with Crippen molar-refractivity contribution in [3.8, 4) is 0 Å². The third-order valence-electron chi connectivity index (χ3n) is 7.85. The molecular formula is C39H75N7O17S. The van der Waals surface area contributed by atoms with E-state index < -0.39 is 12.0 Å². The van der Waals surface area contributed by atoms with Crippen LogP contribution in [-0.2, 0) is 76.1 Å². The van der Waals surface area contributed by atoms with Crippen molar-refractivity contribution in [3.63, 3.8) is 0 Å². The van der Waals surface area contributed by atoms with E-state index in [1.807, 2.05) is 0 Å². The van der Waals surface area contributed by atoms with Crippen LogP contribution >= 0.6 is 12.8 Å². The Kier molecular flexibility index (Phi) is 45.2. The van der Waals surface area contributed by atoms with Gasteiger partial charge in [0.05, 0.1) is 99.1 Å². The van der Waals surface area contributed by atoms with Crippen molar-refractivity contribution in [2.75, 3.05) is 178 Å². The molecule has 0 saturated heterocycles. The van der Waals surface area contributed by atoms with Gasteiger partial charge in [0.25, 0.3) is 0 Å². The summed E-state index contributed by atoms with van der Waals surface area (Å²) < 4.78 is 55.6. The van der Waals surface area contributed by atoms with Crippen LogP contribution in [0.25, 0.3) is 0 Å². The topological polar surface area (TPSA) is 299 Å². The fraction of sp³-hybridized carbons (Fsp3) is 0.846. The maximum atomic E-state index is 11.9. The molecule has 8 N–H and O–H groups in total. The van der Waals surface area contributed by atoms with Crippen LogP contribution in [0.15, 0.2) is 0 Å². The first-order valence-corrected chi connectivity index (χ1v) is 22.1. The summed E-state index contributed by atoms with van der Waals surface area (Å²) in [6.45, 7) is 9.05. The monoisotopic (exact) mass is 945 g/mol. The maximum Gasteiger partial charge on any atom is 0.321 e. The van der Waals surface area contributed by atoms with Gasteiger partial charge < -0.3 is 84.4 Å². The third kappa shape index (κ3) is 45.3. The van der Waals surface area contributed by atoms with E-state index in [0.29, 0.717) is 58.8 Å². The van der Waals surface area contributed by atoms with Crippen molar-refractivity contribution in [1.29, 1.82) is 0 Å². The van der Waals surface area contributed by atoms with Gasteiger partial charge in [-0.3, -0.25) is 33.5 Å². The number of carboxylic acid groups (broad SMARTS) is 1. The van der Waals surface area contributed by atoms with Crippen molar-refractivity contribution >= 4 is 48.3 Å². The number of hydrogen-bond acceptors (Lipinski definition) is 19. The van der Waals surface area contributed by atoms with Gasteiger partial charge in [-0.15, -0.1) is 0 Å². The van der Waals surface area contributed by atoms with E-state index in [4.69, 9.17) is 52.5 Å². The van der Waals surface area contributed by atoms with Gasteiger partial charge in [0.1, 0.15) is 39.1 Å². The second-order valence-corrected chi connectivity index (χ2v) is 13.6. The number of carbonyl (C=O) groups excluding carboxylic acids is 5. The highest BCUT2D eigenvalue weighted by Gasteiger charge is 2.14. The Morgan fingerprint density at radius 1 is 0.406 bits per heavy atom. The van der Waals surface area contributed by atoms with Gasteiger partial charge in [0, 0.05) is 39.3 Å². The Hall–Kier alpha value is -3.31. The Balaban J connectivity index is 3.41. The molecule has 0 rings (SSSR count). The average molecular weight is 946 g/mol. The molecule has 374 valence electrons. The molecule has 0 heterocycles. The molecular weight excluding hydrogens is 871 g/mol. The minimum atomic E-state index is -0.972. The molecule has 0 aromatic carbocycles. The summed E-state index contributed by atoms with van der Waals surface area (Å²) in [4.78, 5) is 70.0. The lowest BCUT2D eigenvalue weighted by molar-refractivity contribution is -0.139. The summed E-state index contributed by atoms with van der Waals surface area (Å²) in [5, 5.41) is 25.5. The lowest BCUT2D eigenvalue weighted by atomic mass is 10.1. The van der Waals surface area contributed by atoms with Gasteiger partial charge in [-0.1, -0.05) is 19.7 Å². The number of carboxylic acids is 1. The second-order valence-electron chi connectivity index (χ2n) is 13.3. The summed E-state index contributed by atoms with van der Waals surface area (Å²) >= 11 is 3.78. The van der Waals surface area contributed by atoms with Crippen molar-refractivity contribution in [2.45, 2.75) is 38.6 Å². The van der Waals surface area contributed by atoms with E-state index in [0.717, 1.165) is 19.5 Å². The van der Waals surface area contributed by atoms with E-state index >= 15 is 0 Å². The number of hydrogen-bond donors (Lipinski definition) is 9. The molecule has 0 aliphatic heterocycles. The van der Waals surface area contributed by atoms with E-state index in [1.165, 1.54) is 0 Å². The lowest BCUT2D eigenvalue weighted by Crippen LogP contribution is -2.32. The van der Waals surface area contributed by atoms with Crippen molar-refractivity contribution in [3.05, 3.63) is 0 Å². The molecule has 64 heavy (non-hydrogen) atoms. The molecule has 0 fully saturated rings. The zero-order chi connectivity index (χ0) is 47.0. The zero-order valence-electron chi connectivity index (χ0n) is 37.4. The number of ether oxygens (including phenoxy) is 10. The molecule has 0 saturated carbocycles. The second kappa shape index (κ2) is 47.6. The molecule has 0 aliphatic rings. The molecule has 0 bridgehead atoms. The first-order valence-electron chi connectivity index (χ1n) is 21.6. The predicted octanol–water partition coefficient (Wildman–Crippen LogP) is -3.21. The molecule has 1 atom stereocenters. The highest BCUT2D eigenvalue weighted by molar-refractivity contribution is 7.78. The van der Waals surface area contributed by atoms with Gasteiger partial charge in [-0.25, -0.2) is 0 Å². The molecule has 25 heteroatoms. The van der Waals surface area contributed by atoms with Crippen LogP contribution < -0.4 is 36.6 Å². The molecule has 0 aromatic rings. The van der Waals surface area contributed by atoms with Crippen LogP contribution in [0.4, 0.5) is 0 Å². The maximum absolute atomic E-state index is 11.9. The molecule has 0 aromatic heterocycles. The summed E-state index contributed by atoms with van der Waals surface area (Å²) in [5.41, 5.74) is 0. The summed E-state index contributed by atoms with van der Waals surface area (Å²) in [6, 6.07) is -0.728. The van der Waals surface area contributed by atoms with Gasteiger partial charge in [0.15, 0.2) is 0 Å². The number of amides is 5. The van der Waals surface area contributed by atoms with Crippen molar-refractivity contribution < 1.29 is 81.2 Å². The summed E-state index contributed by atoms with van der Waals surface area (Å²) in [7, 11) is 0. The number of unbranched alkanes of at least 4 members (excludes halogenated alkanes) is 1. The number of aliphatic carboxylic acids is 1. The van der Waals surface area contributed by atoms with Crippen LogP contribution in [0.2, 0.25) is 0 Å². The van der Waals surface area contributed by atoms with Gasteiger partial charge in [0.2, 0.25) is 29.5 Å². The van der Waals surface area contributed by atoms with Gasteiger partial charge in [-0.05, 0) is 32.2 Å². The highest BCUT2D eigenvalue weighted by atomic mass is 32.1. The van der Waals surface area contributed by atoms with E-state index in [9.17, 15) is 28.8 Å². The Bertz CT molecular complexity index is 1190. The number of carbonyl (C=O) groups is 6. The largest absolute Gasteiger partial charge is 0.480 e. The molecule has 0 aliphatic carbocycles. The standard InChI is InChI=1S/C39H75N7O17S/c1-2-6-40-8-13-54-18-23-60-29-35(48)42-10-15-56-20-25-62-31-37(50)44-12-17-58-22-27-63-32-38(51)45-11-16-57-21-26-61-30-36(49)43-9-14-55-19-24-59-28-34(47)41-7-4-3-5-33(46-64)39(52)53/h33,40,46,64H,2-32H2,1H3,(H,41,47)(H,42,48)(H,43,49)(H,44,50)(H,45,51)(H,52,53)/t33-/m0/s1. The molecule has 0 unspecified atom stereocenters. The fourth-order valence-corrected chi connectivity index (χ4v) is 4.86. The normalized spacial score (nSPS) is 11.5. The highest BCUT2D eigenvalue weighted by Crippen LogP contribution is 2.01. The number of nitrogens with one attached hydrogen (secondary N) is 7. The Morgan fingerprint density at radius 3 is 1.00 bits per heavy atom. The summed E-state index contributed by atoms with van der Waals surface area (Å²) in [5.74, 6) is -2.42. The minimum absolute atomic E-state index is 0.0481. The lowest BCUT2D eigenvalue weighted by Gasteiger charge is -2.10. The van der Waals surface area contributed by atoms with Crippen molar-refractivity contribution in [1.82, 2.24) is 36.6 Å². The van der Waals surface area contributed by atoms with E-state index in [1.54, 1.807) is 0 Å². The molecule has 0 spiro atoms. The van der Waals surface area contributed by atoms with Crippen molar-refractivity contribution in [2.24, 2.45) is 0 Å². The van der Waals surface area contributed by atoms with Gasteiger partial charge in [-0.2, -0.15) is 0 Å². The van der Waals surface area contributed by atoms with E-state index in [-0.39, 0.29) is 155 Å². The smallest absolute Gasteiger partial charge is 0.321 e. The predicted molar refractivity (Wildman–Crippen MR) is 234 cm³/mol. The molecule has 24 nitrogen and oxygen atoms in total. The Morgan fingerprint density at radius 2 is 0.703 bits per heavy atom. The Labute approximate surface area is 382 Å². The first kappa shape index (κ1) is 60.7. The third-order valence-corrected chi connectivity index (χ3v) is 8.16. The number of thiol groups is 1. The van der Waals surface area contributed by atoms with Crippen LogP contribution in [-0.4, -0.2) is 225 Å². The SMILES string of the molecule is CCCNCCOCCOCC(=O)NCCOCCOCC(=O)NCCOCCOCC(=O)NCCOCCOCC(=O)NCCOCCOCC(=O)NCCCC[C@H](NS)C(=O)O. The van der Waals surface area contributed by atoms with Crippen LogP contribution in [0.3, 0.4) is 0 Å². The average Bonchev–Trinajstić information content (AvgIpc) is 3.27. The first-order chi connectivity index (χ1) is 31.2. The van der Waals surface area contributed by atoms with Crippen LogP contribution in [0, 0.1) is 0 Å². The summed E-state index contributed by atoms with van der Waals surface area (Å²) in [6.07, 6.45) is 2.73. The van der Waals surface area contributed by atoms with Crippen LogP contribution in [0.5, 0.6) is 0 Å². The minimum Gasteiger partial charge on any atom is -0.480 e. The molecule has 5 amide bonds. The number of rotatable bonds is 49. The molecule has 0 radical (unpaired) electrons. The fourth-order valence-electron chi connectivity index (χ4n) is 4.62. The van der Waals surface area contributed by atoms with Crippen LogP contribution in [0.1, 0.15) is 32.6 Å². The quantitative estimate of drug-likeness (QED) is 0.0214.